The lowest BCUT2D eigenvalue weighted by Crippen LogP contribution is -2.21. The number of unbranched alkanes of at least 4 members (excludes halogenated alkanes) is 8. The van der Waals surface area contributed by atoms with Crippen LogP contribution in [0, 0.1) is 6.92 Å². The summed E-state index contributed by atoms with van der Waals surface area (Å²) in [5.41, 5.74) is 2.91. The van der Waals surface area contributed by atoms with Gasteiger partial charge in [0.15, 0.2) is 0 Å². The Morgan fingerprint density at radius 3 is 1.19 bits per heavy atom. The van der Waals surface area contributed by atoms with Crippen LogP contribution in [0.25, 0.3) is 0 Å². The number of alkyl carbamates (subject to hydrolysis) is 1. The van der Waals surface area contributed by atoms with Gasteiger partial charge in [-0.25, -0.2) is 4.79 Å². The Labute approximate surface area is 571 Å². The first-order valence-corrected chi connectivity index (χ1v) is 34.6. The molecule has 1 rings (SSSR count). The van der Waals surface area contributed by atoms with Gasteiger partial charge in [-0.3, -0.25) is 14.8 Å². The predicted molar refractivity (Wildman–Crippen MR) is 421 cm³/mol. The summed E-state index contributed by atoms with van der Waals surface area (Å²) in [6.07, 6.45) is 47.0. The number of aryl methyl sites for hydroxylation is 2. The van der Waals surface area contributed by atoms with Crippen molar-refractivity contribution in [1.82, 2.24) is 21.3 Å². The van der Waals surface area contributed by atoms with Crippen LogP contribution in [-0.4, -0.2) is 105 Å². The molecule has 0 spiro atoms. The molecule has 12 nitrogen and oxygen atoms in total. The van der Waals surface area contributed by atoms with Gasteiger partial charge in [-0.1, -0.05) is 293 Å². The highest BCUT2D eigenvalue weighted by Gasteiger charge is 1.92. The van der Waals surface area contributed by atoms with Crippen molar-refractivity contribution < 1.29 is 28.5 Å². The van der Waals surface area contributed by atoms with Crippen LogP contribution >= 0.6 is 0 Å². The molecule has 0 aromatic heterocycles. The summed E-state index contributed by atoms with van der Waals surface area (Å²) in [7, 11) is 4.70. The lowest BCUT2D eigenvalue weighted by molar-refractivity contribution is -0.118. The van der Waals surface area contributed by atoms with Crippen LogP contribution in [0.15, 0.2) is 147 Å². The highest BCUT2D eigenvalue weighted by atomic mass is 16.5. The maximum absolute atomic E-state index is 10.1. The number of carbonyl (C=O) groups excluding carboxylic acids is 2. The second-order valence-corrected chi connectivity index (χ2v) is 18.5. The van der Waals surface area contributed by atoms with Gasteiger partial charge in [0.2, 0.25) is 5.91 Å². The molecular formula is C79H160N6O6. The molecule has 0 bridgehead atoms. The number of methoxy groups -OCH3 is 3. The standard InChI is InChI=1S/C10H14.C6H14.C6H8.C5H11NO.C5H7N.C5H13N.C5H7N.2C5H12O.2C5H12.C5H10.C4H9NO2.C4H11N.C4H8O/c1-3-6-10-8-5-4-7-9(10)2;2*1-3-5-6-4-2;1-3-4-6-5(2)7;1-3-4-5-6-2;2*1-3-5-6-4-2;1-3-4-5-6-2;1-3-5-6-4-2;3*1-3-5-4-2;1-3-5-4(6)7-2;1-3-5-4-2;1-3-4-5-2/h4-5,7-8H,3,6H2,1-2H3;3-6H2,1-2H3;3-6H,1-2H2;3-4H2,1-2H3,(H,6,7);3-5H,1-2H2;6H,3-5H2,1-2H3;3-5H,1-2H2;2*3-5H2,1-2H3;2*3-5H2,1-2H3;3,5H,4H2,1-2H3;3H2,1-2H3,(H,5,6);5H,3-4H2,1-2H3;3-4H,1-2H3/b;;6-5-;;5-4-;;;;;;;5-3-;;;4-3-. The molecule has 0 heterocycles. The number of benzene rings is 1. The number of nitrogens with one attached hydrogen (secondary N) is 4. The third-order valence-corrected chi connectivity index (χ3v) is 9.47. The van der Waals surface area contributed by atoms with Crippen LogP contribution in [0.5, 0.6) is 0 Å². The molecule has 0 atom stereocenters. The van der Waals surface area contributed by atoms with Gasteiger partial charge in [0.1, 0.15) is 0 Å². The van der Waals surface area contributed by atoms with Gasteiger partial charge < -0.3 is 40.2 Å². The first kappa shape index (κ1) is 120. The van der Waals surface area contributed by atoms with Crippen molar-refractivity contribution >= 4 is 24.9 Å². The molecule has 12 heteroatoms. The number of allylic oxidation sites excluding steroid dienone is 10. The van der Waals surface area contributed by atoms with E-state index in [2.05, 4.69) is 221 Å². The van der Waals surface area contributed by atoms with Crippen molar-refractivity contribution in [3.05, 3.63) is 148 Å². The maximum Gasteiger partial charge on any atom is 0.406 e. The van der Waals surface area contributed by atoms with E-state index in [9.17, 15) is 9.59 Å². The minimum absolute atomic E-state index is 0.0573. The Hall–Kier alpha value is -5.40. The molecule has 2 amide bonds. The van der Waals surface area contributed by atoms with Gasteiger partial charge in [-0.2, -0.15) is 0 Å². The van der Waals surface area contributed by atoms with E-state index in [1.807, 2.05) is 52.8 Å². The van der Waals surface area contributed by atoms with E-state index in [0.717, 1.165) is 71.8 Å². The average molecular weight is 1290 g/mol. The van der Waals surface area contributed by atoms with E-state index < -0.39 is 0 Å². The van der Waals surface area contributed by atoms with Crippen molar-refractivity contribution in [2.24, 2.45) is 9.98 Å². The number of aliphatic imine (C=N–C) groups is 2. The summed E-state index contributed by atoms with van der Waals surface area (Å²) in [5.74, 6) is 0.0573. The third-order valence-electron chi connectivity index (χ3n) is 9.47. The van der Waals surface area contributed by atoms with Crippen LogP contribution in [0.1, 0.15) is 259 Å². The van der Waals surface area contributed by atoms with Crippen LogP contribution < -0.4 is 21.3 Å². The normalized spacial score (nSPS) is 8.84. The summed E-state index contributed by atoms with van der Waals surface area (Å²) < 4.78 is 18.5. The summed E-state index contributed by atoms with van der Waals surface area (Å²) in [6, 6.07) is 8.58. The first-order chi connectivity index (χ1) is 43.9. The number of carbonyl (C=O) groups is 2. The number of nitrogens with zero attached hydrogens (tertiary/aromatic N) is 2. The van der Waals surface area contributed by atoms with Crippen molar-refractivity contribution in [3.8, 4) is 0 Å². The Bertz CT molecular complexity index is 1370. The van der Waals surface area contributed by atoms with Crippen LogP contribution in [0.3, 0.4) is 0 Å². The number of ether oxygens (including phenoxy) is 4. The molecule has 0 unspecified atom stereocenters. The van der Waals surface area contributed by atoms with Crippen LogP contribution in [0.2, 0.25) is 0 Å². The van der Waals surface area contributed by atoms with E-state index in [4.69, 9.17) is 9.47 Å². The topological polar surface area (TPSA) is 144 Å². The molecule has 0 radical (unpaired) electrons. The SMILES string of the molecule is C/C=C\CC.C/C=C\OC.C=C/C=C\C=C.C=C/C=C\N=C.C=CC=NC=C.CCCCC.CCCCC.CCCCCC.CCCCOC.CCCNC(C)=O.CCCNCC.CCCOCC.CCCc1ccccc1C.CCNC(=O)OC.CCNCC. The molecule has 0 aliphatic carbocycles. The quantitative estimate of drug-likeness (QED) is 0.0189. The lowest BCUT2D eigenvalue weighted by atomic mass is 10.1. The van der Waals surface area contributed by atoms with E-state index in [-0.39, 0.29) is 12.0 Å². The molecule has 0 aliphatic heterocycles. The fraction of sp³-hybridized carbons (Fsp3) is 0.646. The first-order valence-electron chi connectivity index (χ1n) is 34.6. The zero-order valence-corrected chi connectivity index (χ0v) is 65.1. The Balaban J connectivity index is -0.0000000584. The number of amides is 2. The molecule has 0 aliphatic rings. The largest absolute Gasteiger partial charge is 0.505 e. The van der Waals surface area contributed by atoms with Gasteiger partial charge in [-0.15, -0.1) is 0 Å². The monoisotopic (exact) mass is 1290 g/mol. The van der Waals surface area contributed by atoms with Gasteiger partial charge in [0.25, 0.3) is 0 Å². The number of hydrogen-bond donors (Lipinski definition) is 4. The van der Waals surface area contributed by atoms with Crippen molar-refractivity contribution in [3.63, 3.8) is 0 Å². The minimum atomic E-state index is -0.373. The van der Waals surface area contributed by atoms with Gasteiger partial charge in [0.05, 0.1) is 20.5 Å². The molecule has 4 N–H and O–H groups in total. The minimum Gasteiger partial charge on any atom is -0.505 e. The molecule has 0 fully saturated rings. The van der Waals surface area contributed by atoms with E-state index >= 15 is 0 Å². The van der Waals surface area contributed by atoms with Crippen molar-refractivity contribution in [1.29, 1.82) is 0 Å². The predicted octanol–water partition coefficient (Wildman–Crippen LogP) is 23.1. The van der Waals surface area contributed by atoms with Gasteiger partial charge >= 0.3 is 6.09 Å². The molecule has 0 saturated heterocycles. The second-order valence-electron chi connectivity index (χ2n) is 18.5. The third kappa shape index (κ3) is 244. The zero-order valence-electron chi connectivity index (χ0n) is 65.1. The fourth-order valence-corrected chi connectivity index (χ4v) is 4.84. The Kier molecular flexibility index (Phi) is 205. The lowest BCUT2D eigenvalue weighted by Gasteiger charge is -2.01. The zero-order chi connectivity index (χ0) is 73.2. The van der Waals surface area contributed by atoms with E-state index in [1.54, 1.807) is 63.3 Å². The van der Waals surface area contributed by atoms with Crippen molar-refractivity contribution in [2.45, 2.75) is 261 Å². The number of rotatable bonds is 31. The molecule has 542 valence electrons. The van der Waals surface area contributed by atoms with E-state index in [1.165, 1.54) is 128 Å². The highest BCUT2D eigenvalue weighted by Crippen LogP contribution is 2.08. The van der Waals surface area contributed by atoms with Gasteiger partial charge in [0, 0.05) is 65.6 Å². The van der Waals surface area contributed by atoms with Crippen LogP contribution in [0.4, 0.5) is 4.79 Å². The second kappa shape index (κ2) is 156. The average Bonchev–Trinajstić information content (AvgIpc) is 3.70. The molecule has 1 aromatic rings. The molecular weight excluding hydrogens is 1130 g/mol. The summed E-state index contributed by atoms with van der Waals surface area (Å²) in [6.45, 7) is 72.8. The summed E-state index contributed by atoms with van der Waals surface area (Å²) in [5, 5.41) is 11.4. The number of hydrogen-bond acceptors (Lipinski definition) is 10. The maximum atomic E-state index is 10.1. The molecule has 1 aromatic carbocycles. The molecule has 0 saturated carbocycles. The fourth-order valence-electron chi connectivity index (χ4n) is 4.84. The van der Waals surface area contributed by atoms with Crippen LogP contribution in [-0.2, 0) is 30.2 Å². The van der Waals surface area contributed by atoms with E-state index in [0.29, 0.717) is 6.54 Å². The van der Waals surface area contributed by atoms with Crippen molar-refractivity contribution in [2.75, 3.05) is 80.4 Å². The smallest absolute Gasteiger partial charge is 0.406 e. The Morgan fingerprint density at radius 1 is 0.538 bits per heavy atom. The van der Waals surface area contributed by atoms with Gasteiger partial charge in [-0.05, 0) is 123 Å². The Morgan fingerprint density at radius 2 is 1.02 bits per heavy atom. The summed E-state index contributed by atoms with van der Waals surface area (Å²) in [4.78, 5) is 27.2. The summed E-state index contributed by atoms with van der Waals surface area (Å²) >= 11 is 0. The highest BCUT2D eigenvalue weighted by molar-refractivity contribution is 5.72. The molecule has 91 heavy (non-hydrogen) atoms.